The van der Waals surface area contributed by atoms with E-state index in [1.807, 2.05) is 12.3 Å². The number of hydrogen-bond donors (Lipinski definition) is 1. The van der Waals surface area contributed by atoms with Crippen LogP contribution in [-0.2, 0) is 4.74 Å². The van der Waals surface area contributed by atoms with Gasteiger partial charge in [-0.3, -0.25) is 4.98 Å². The SMILES string of the molecule is CC(NCC1CN(C)CCO1)c1cccnc1. The van der Waals surface area contributed by atoms with E-state index in [0.717, 1.165) is 26.2 Å². The van der Waals surface area contributed by atoms with Crippen LogP contribution in [0.25, 0.3) is 0 Å². The molecule has 0 radical (unpaired) electrons. The standard InChI is InChI=1S/C13H21N3O/c1-11(12-4-3-5-14-8-12)15-9-13-10-16(2)6-7-17-13/h3-5,8,11,13,15H,6-7,9-10H2,1-2H3. The van der Waals surface area contributed by atoms with Crippen LogP contribution >= 0.6 is 0 Å². The highest BCUT2D eigenvalue weighted by Crippen LogP contribution is 2.10. The Morgan fingerprint density at radius 2 is 2.53 bits per heavy atom. The maximum absolute atomic E-state index is 5.71. The van der Waals surface area contributed by atoms with Gasteiger partial charge in [-0.05, 0) is 25.6 Å². The van der Waals surface area contributed by atoms with Crippen LogP contribution in [0, 0.1) is 0 Å². The van der Waals surface area contributed by atoms with E-state index in [4.69, 9.17) is 4.74 Å². The second-order valence-electron chi connectivity index (χ2n) is 4.67. The van der Waals surface area contributed by atoms with Crippen molar-refractivity contribution in [3.63, 3.8) is 0 Å². The molecule has 0 bridgehead atoms. The second-order valence-corrected chi connectivity index (χ2v) is 4.67. The van der Waals surface area contributed by atoms with E-state index >= 15 is 0 Å². The lowest BCUT2D eigenvalue weighted by atomic mass is 10.1. The Balaban J connectivity index is 1.78. The predicted molar refractivity (Wildman–Crippen MR) is 67.9 cm³/mol. The van der Waals surface area contributed by atoms with E-state index in [1.165, 1.54) is 5.56 Å². The van der Waals surface area contributed by atoms with Crippen LogP contribution in [0.4, 0.5) is 0 Å². The molecule has 1 aromatic heterocycles. The summed E-state index contributed by atoms with van der Waals surface area (Å²) in [6.45, 7) is 5.93. The minimum atomic E-state index is 0.299. The van der Waals surface area contributed by atoms with Gasteiger partial charge in [-0.2, -0.15) is 0 Å². The first kappa shape index (κ1) is 12.5. The Hall–Kier alpha value is -0.970. The molecule has 0 aromatic carbocycles. The molecule has 2 heterocycles. The number of ether oxygens (including phenoxy) is 1. The molecule has 2 atom stereocenters. The summed E-state index contributed by atoms with van der Waals surface area (Å²) in [5, 5.41) is 3.50. The molecule has 17 heavy (non-hydrogen) atoms. The van der Waals surface area contributed by atoms with E-state index in [9.17, 15) is 0 Å². The summed E-state index contributed by atoms with van der Waals surface area (Å²) in [6.07, 6.45) is 4.01. The first-order chi connectivity index (χ1) is 8.25. The van der Waals surface area contributed by atoms with Gasteiger partial charge in [0, 0.05) is 38.1 Å². The number of hydrogen-bond acceptors (Lipinski definition) is 4. The minimum absolute atomic E-state index is 0.299. The summed E-state index contributed by atoms with van der Waals surface area (Å²) in [7, 11) is 2.14. The molecule has 1 fully saturated rings. The number of rotatable bonds is 4. The summed E-state index contributed by atoms with van der Waals surface area (Å²) < 4.78 is 5.71. The van der Waals surface area contributed by atoms with Gasteiger partial charge in [-0.15, -0.1) is 0 Å². The van der Waals surface area contributed by atoms with E-state index in [0.29, 0.717) is 12.1 Å². The van der Waals surface area contributed by atoms with Crippen molar-refractivity contribution in [1.82, 2.24) is 15.2 Å². The summed E-state index contributed by atoms with van der Waals surface area (Å²) in [6, 6.07) is 4.39. The van der Waals surface area contributed by atoms with E-state index in [2.05, 4.69) is 35.2 Å². The first-order valence-electron chi connectivity index (χ1n) is 6.19. The average molecular weight is 235 g/mol. The molecule has 4 nitrogen and oxygen atoms in total. The third-order valence-electron chi connectivity index (χ3n) is 3.18. The van der Waals surface area contributed by atoms with Crippen LogP contribution in [0.1, 0.15) is 18.5 Å². The molecule has 1 saturated heterocycles. The van der Waals surface area contributed by atoms with Gasteiger partial charge in [0.25, 0.3) is 0 Å². The van der Waals surface area contributed by atoms with Crippen molar-refractivity contribution in [1.29, 1.82) is 0 Å². The van der Waals surface area contributed by atoms with Gasteiger partial charge < -0.3 is 15.0 Å². The molecule has 1 aliphatic rings. The molecule has 0 aliphatic carbocycles. The van der Waals surface area contributed by atoms with Crippen molar-refractivity contribution in [3.8, 4) is 0 Å². The molecular weight excluding hydrogens is 214 g/mol. The number of aromatic nitrogens is 1. The van der Waals surface area contributed by atoms with Crippen LogP contribution in [0.15, 0.2) is 24.5 Å². The van der Waals surface area contributed by atoms with Gasteiger partial charge in [-0.1, -0.05) is 6.07 Å². The monoisotopic (exact) mass is 235 g/mol. The fourth-order valence-corrected chi connectivity index (χ4v) is 2.05. The quantitative estimate of drug-likeness (QED) is 0.847. The molecule has 94 valence electrons. The molecule has 0 spiro atoms. The van der Waals surface area contributed by atoms with Crippen LogP contribution in [0.5, 0.6) is 0 Å². The molecule has 4 heteroatoms. The summed E-state index contributed by atoms with van der Waals surface area (Å²) in [4.78, 5) is 6.44. The molecule has 2 unspecified atom stereocenters. The average Bonchev–Trinajstić information content (AvgIpc) is 2.37. The number of nitrogens with one attached hydrogen (secondary N) is 1. The molecule has 1 N–H and O–H groups in total. The molecule has 0 amide bonds. The first-order valence-corrected chi connectivity index (χ1v) is 6.19. The van der Waals surface area contributed by atoms with E-state index in [1.54, 1.807) is 6.20 Å². The normalized spacial score (nSPS) is 23.5. The van der Waals surface area contributed by atoms with Gasteiger partial charge in [-0.25, -0.2) is 0 Å². The Labute approximate surface area is 103 Å². The zero-order valence-corrected chi connectivity index (χ0v) is 10.6. The third kappa shape index (κ3) is 3.77. The van der Waals surface area contributed by atoms with Crippen molar-refractivity contribution in [2.45, 2.75) is 19.1 Å². The smallest absolute Gasteiger partial charge is 0.0826 e. The van der Waals surface area contributed by atoms with Gasteiger partial charge in [0.15, 0.2) is 0 Å². The second kappa shape index (κ2) is 6.10. The number of nitrogens with zero attached hydrogens (tertiary/aromatic N) is 2. The largest absolute Gasteiger partial charge is 0.374 e. The predicted octanol–water partition coefficient (Wildman–Crippen LogP) is 1.06. The Morgan fingerprint density at radius 1 is 1.65 bits per heavy atom. The number of morpholine rings is 1. The van der Waals surface area contributed by atoms with Gasteiger partial charge in [0.05, 0.1) is 12.7 Å². The van der Waals surface area contributed by atoms with E-state index < -0.39 is 0 Å². The highest BCUT2D eigenvalue weighted by Gasteiger charge is 2.18. The molecular formula is C13H21N3O. The summed E-state index contributed by atoms with van der Waals surface area (Å²) in [5.41, 5.74) is 1.22. The maximum atomic E-state index is 5.71. The topological polar surface area (TPSA) is 37.4 Å². The highest BCUT2D eigenvalue weighted by molar-refractivity contribution is 5.12. The highest BCUT2D eigenvalue weighted by atomic mass is 16.5. The van der Waals surface area contributed by atoms with Crippen LogP contribution in [0.2, 0.25) is 0 Å². The van der Waals surface area contributed by atoms with Crippen LogP contribution in [0.3, 0.4) is 0 Å². The molecule has 2 rings (SSSR count). The van der Waals surface area contributed by atoms with Crippen LogP contribution < -0.4 is 5.32 Å². The zero-order chi connectivity index (χ0) is 12.1. The lowest BCUT2D eigenvalue weighted by Crippen LogP contribution is -2.45. The van der Waals surface area contributed by atoms with Gasteiger partial charge in [0.2, 0.25) is 0 Å². The summed E-state index contributed by atoms with van der Waals surface area (Å²) >= 11 is 0. The Morgan fingerprint density at radius 3 is 3.24 bits per heavy atom. The zero-order valence-electron chi connectivity index (χ0n) is 10.6. The number of likely N-dealkylation sites (N-methyl/N-ethyl adjacent to an activating group) is 1. The fraction of sp³-hybridized carbons (Fsp3) is 0.615. The summed E-state index contributed by atoms with van der Waals surface area (Å²) in [5.74, 6) is 0. The van der Waals surface area contributed by atoms with Crippen molar-refractivity contribution in [2.75, 3.05) is 33.3 Å². The molecule has 1 aliphatic heterocycles. The number of pyridine rings is 1. The Bertz CT molecular complexity index is 331. The van der Waals surface area contributed by atoms with Crippen LogP contribution in [-0.4, -0.2) is 49.3 Å². The molecule has 0 saturated carbocycles. The van der Waals surface area contributed by atoms with Crippen molar-refractivity contribution in [3.05, 3.63) is 30.1 Å². The maximum Gasteiger partial charge on any atom is 0.0826 e. The Kier molecular flexibility index (Phi) is 4.48. The third-order valence-corrected chi connectivity index (χ3v) is 3.18. The van der Waals surface area contributed by atoms with E-state index in [-0.39, 0.29) is 0 Å². The van der Waals surface area contributed by atoms with Gasteiger partial charge in [0.1, 0.15) is 0 Å². The van der Waals surface area contributed by atoms with Crippen molar-refractivity contribution < 1.29 is 4.74 Å². The minimum Gasteiger partial charge on any atom is -0.374 e. The lowest BCUT2D eigenvalue weighted by Gasteiger charge is -2.31. The fourth-order valence-electron chi connectivity index (χ4n) is 2.05. The van der Waals surface area contributed by atoms with Gasteiger partial charge >= 0.3 is 0 Å². The lowest BCUT2D eigenvalue weighted by molar-refractivity contribution is -0.0190. The molecule has 1 aromatic rings. The van der Waals surface area contributed by atoms with Crippen molar-refractivity contribution >= 4 is 0 Å². The van der Waals surface area contributed by atoms with Crippen molar-refractivity contribution in [2.24, 2.45) is 0 Å².